The van der Waals surface area contributed by atoms with Crippen LogP contribution in [0.25, 0.3) is 0 Å². The van der Waals surface area contributed by atoms with Gasteiger partial charge in [-0.3, -0.25) is 24.0 Å². The van der Waals surface area contributed by atoms with Gasteiger partial charge >= 0.3 is 0 Å². The molecule has 1 atom stereocenters. The SMILES string of the molecule is CCC(C)(NC(=O)c1ccccc1C=O)c1cccc(Oc2cccc(Oc3cccc(NC(=O)c4ccc(C=O)c(C(=O)NC(C)(C)c5cccc(Oc6cccc(OC)c6)c5)c4)c3)c2)c1. The molecule has 0 aliphatic heterocycles. The maximum absolute atomic E-state index is 13.8. The van der Waals surface area contributed by atoms with Gasteiger partial charge in [-0.15, -0.1) is 0 Å². The highest BCUT2D eigenvalue weighted by Crippen LogP contribution is 2.34. The van der Waals surface area contributed by atoms with Crippen molar-refractivity contribution in [1.82, 2.24) is 10.6 Å². The van der Waals surface area contributed by atoms with E-state index in [9.17, 15) is 24.0 Å². The first kappa shape index (κ1) is 46.5. The largest absolute Gasteiger partial charge is 0.497 e. The van der Waals surface area contributed by atoms with Crippen LogP contribution in [0.1, 0.15) is 97.0 Å². The number of carbonyl (C=O) groups is 5. The molecular formula is C55H49N3O9. The molecule has 67 heavy (non-hydrogen) atoms. The van der Waals surface area contributed by atoms with Crippen molar-refractivity contribution in [2.75, 3.05) is 12.4 Å². The number of ether oxygens (including phenoxy) is 4. The Morgan fingerprint density at radius 3 is 1.60 bits per heavy atom. The van der Waals surface area contributed by atoms with Crippen molar-refractivity contribution >= 4 is 36.0 Å². The highest BCUT2D eigenvalue weighted by molar-refractivity contribution is 6.08. The number of hydrogen-bond donors (Lipinski definition) is 3. The number of benzene rings is 7. The van der Waals surface area contributed by atoms with Gasteiger partial charge in [0.25, 0.3) is 17.7 Å². The average Bonchev–Trinajstić information content (AvgIpc) is 3.34. The molecule has 3 N–H and O–H groups in total. The lowest BCUT2D eigenvalue weighted by molar-refractivity contribution is 0.0893. The molecule has 0 saturated carbocycles. The zero-order valence-corrected chi connectivity index (χ0v) is 37.6. The number of aldehydes is 2. The zero-order chi connectivity index (χ0) is 47.6. The molecule has 0 radical (unpaired) electrons. The van der Waals surface area contributed by atoms with Crippen LogP contribution in [0.5, 0.6) is 40.2 Å². The zero-order valence-electron chi connectivity index (χ0n) is 37.6. The van der Waals surface area contributed by atoms with Crippen LogP contribution in [0, 0.1) is 0 Å². The van der Waals surface area contributed by atoms with Gasteiger partial charge in [-0.2, -0.15) is 0 Å². The Hall–Kier alpha value is -8.51. The molecule has 12 nitrogen and oxygen atoms in total. The molecule has 0 spiro atoms. The van der Waals surface area contributed by atoms with Gasteiger partial charge in [-0.05, 0) is 117 Å². The Kier molecular flexibility index (Phi) is 14.3. The fourth-order valence-electron chi connectivity index (χ4n) is 7.28. The predicted octanol–water partition coefficient (Wildman–Crippen LogP) is 11.7. The van der Waals surface area contributed by atoms with E-state index in [1.54, 1.807) is 92.0 Å². The van der Waals surface area contributed by atoms with E-state index < -0.39 is 22.9 Å². The molecule has 12 heteroatoms. The second kappa shape index (κ2) is 20.5. The van der Waals surface area contributed by atoms with Crippen molar-refractivity contribution < 1.29 is 42.9 Å². The predicted molar refractivity (Wildman–Crippen MR) is 256 cm³/mol. The van der Waals surface area contributed by atoms with Crippen LogP contribution in [-0.2, 0) is 11.1 Å². The third-order valence-electron chi connectivity index (χ3n) is 11.2. The normalized spacial score (nSPS) is 11.8. The molecule has 7 aromatic rings. The monoisotopic (exact) mass is 895 g/mol. The maximum atomic E-state index is 13.8. The summed E-state index contributed by atoms with van der Waals surface area (Å²) in [6.07, 6.45) is 1.81. The summed E-state index contributed by atoms with van der Waals surface area (Å²) in [7, 11) is 1.58. The molecule has 0 heterocycles. The van der Waals surface area contributed by atoms with Crippen molar-refractivity contribution in [3.8, 4) is 40.2 Å². The molecule has 0 aliphatic rings. The minimum Gasteiger partial charge on any atom is -0.497 e. The number of nitrogens with one attached hydrogen (secondary N) is 3. The van der Waals surface area contributed by atoms with Crippen molar-refractivity contribution in [3.05, 3.63) is 203 Å². The molecule has 0 saturated heterocycles. The lowest BCUT2D eigenvalue weighted by Crippen LogP contribution is -2.43. The molecule has 1 unspecified atom stereocenters. The summed E-state index contributed by atoms with van der Waals surface area (Å²) in [5.41, 5.74) is 1.23. The van der Waals surface area contributed by atoms with Crippen LogP contribution in [-0.4, -0.2) is 37.4 Å². The van der Waals surface area contributed by atoms with Crippen LogP contribution in [0.4, 0.5) is 5.69 Å². The van der Waals surface area contributed by atoms with Crippen LogP contribution in [0.2, 0.25) is 0 Å². The molecule has 3 amide bonds. The summed E-state index contributed by atoms with van der Waals surface area (Å²) in [5, 5.41) is 8.97. The number of anilines is 1. The van der Waals surface area contributed by atoms with Gasteiger partial charge in [-0.1, -0.05) is 73.7 Å². The Morgan fingerprint density at radius 2 is 0.985 bits per heavy atom. The Bertz CT molecular complexity index is 2960. The number of amides is 3. The first-order valence-corrected chi connectivity index (χ1v) is 21.5. The van der Waals surface area contributed by atoms with E-state index in [4.69, 9.17) is 18.9 Å². The average molecular weight is 896 g/mol. The number of methoxy groups -OCH3 is 1. The fourth-order valence-corrected chi connectivity index (χ4v) is 7.28. The van der Waals surface area contributed by atoms with Crippen molar-refractivity contribution in [2.24, 2.45) is 0 Å². The first-order chi connectivity index (χ1) is 32.3. The summed E-state index contributed by atoms with van der Waals surface area (Å²) < 4.78 is 23.8. The minimum atomic E-state index is -0.912. The Balaban J connectivity index is 0.999. The molecular weight excluding hydrogens is 847 g/mol. The van der Waals surface area contributed by atoms with Crippen LogP contribution >= 0.6 is 0 Å². The van der Waals surface area contributed by atoms with Gasteiger partial charge in [-0.25, -0.2) is 0 Å². The van der Waals surface area contributed by atoms with E-state index in [-0.39, 0.29) is 22.6 Å². The van der Waals surface area contributed by atoms with Crippen LogP contribution in [0.15, 0.2) is 164 Å². The van der Waals surface area contributed by atoms with Crippen molar-refractivity contribution in [1.29, 1.82) is 0 Å². The third-order valence-corrected chi connectivity index (χ3v) is 11.2. The van der Waals surface area contributed by atoms with Gasteiger partial charge in [0.2, 0.25) is 0 Å². The lowest BCUT2D eigenvalue weighted by Gasteiger charge is -2.31. The highest BCUT2D eigenvalue weighted by atomic mass is 16.5. The first-order valence-electron chi connectivity index (χ1n) is 21.5. The lowest BCUT2D eigenvalue weighted by atomic mass is 9.88. The van der Waals surface area contributed by atoms with Crippen LogP contribution < -0.4 is 34.9 Å². The standard InChI is InChI=1S/C55H49N3O9/c1-6-55(4,58-52(62)49-25-8-7-14-37(49)34-59)40-16-10-20-44(30-40)66-47-23-13-24-48(33-47)67-45-21-11-17-41(31-45)56-51(61)36-26-27-38(35-60)50(28-36)53(63)57-54(2,3)39-15-9-19-43(29-39)65-46-22-12-18-42(32-46)64-5/h7-35H,6H2,1-5H3,(H,56,61)(H,57,63)(H,58,62). The van der Waals surface area contributed by atoms with Crippen LogP contribution in [0.3, 0.4) is 0 Å². The van der Waals surface area contributed by atoms with E-state index in [0.717, 1.165) is 11.1 Å². The molecule has 0 fully saturated rings. The molecule has 7 rings (SSSR count). The summed E-state index contributed by atoms with van der Waals surface area (Å²) >= 11 is 0. The number of hydrogen-bond acceptors (Lipinski definition) is 9. The third kappa shape index (κ3) is 11.4. The maximum Gasteiger partial charge on any atom is 0.255 e. The van der Waals surface area contributed by atoms with Crippen molar-refractivity contribution in [2.45, 2.75) is 45.2 Å². The van der Waals surface area contributed by atoms with Gasteiger partial charge < -0.3 is 34.9 Å². The second-order valence-electron chi connectivity index (χ2n) is 16.3. The van der Waals surface area contributed by atoms with E-state index in [2.05, 4.69) is 16.0 Å². The minimum absolute atomic E-state index is 0.0359. The highest BCUT2D eigenvalue weighted by Gasteiger charge is 2.29. The second-order valence-corrected chi connectivity index (χ2v) is 16.3. The summed E-state index contributed by atoms with van der Waals surface area (Å²) in [5.74, 6) is 2.31. The molecule has 0 aromatic heterocycles. The summed E-state index contributed by atoms with van der Waals surface area (Å²) in [6, 6.07) is 46.8. The van der Waals surface area contributed by atoms with E-state index in [1.807, 2.05) is 88.4 Å². The summed E-state index contributed by atoms with van der Waals surface area (Å²) in [4.78, 5) is 64.4. The fraction of sp³-hybridized carbons (Fsp3) is 0.145. The number of carbonyl (C=O) groups excluding carboxylic acids is 5. The topological polar surface area (TPSA) is 158 Å². The smallest absolute Gasteiger partial charge is 0.255 e. The quantitative estimate of drug-likeness (QED) is 0.0713. The summed E-state index contributed by atoms with van der Waals surface area (Å²) in [6.45, 7) is 7.55. The number of rotatable bonds is 18. The van der Waals surface area contributed by atoms with Gasteiger partial charge in [0.05, 0.1) is 23.8 Å². The van der Waals surface area contributed by atoms with E-state index >= 15 is 0 Å². The molecule has 338 valence electrons. The van der Waals surface area contributed by atoms with E-state index in [0.29, 0.717) is 76.1 Å². The van der Waals surface area contributed by atoms with Gasteiger partial charge in [0.15, 0.2) is 12.6 Å². The molecule has 0 bridgehead atoms. The van der Waals surface area contributed by atoms with Gasteiger partial charge in [0, 0.05) is 46.1 Å². The molecule has 0 aliphatic carbocycles. The Labute approximate surface area is 388 Å². The van der Waals surface area contributed by atoms with Gasteiger partial charge in [0.1, 0.15) is 40.2 Å². The Morgan fingerprint density at radius 1 is 0.493 bits per heavy atom. The van der Waals surface area contributed by atoms with Crippen molar-refractivity contribution in [3.63, 3.8) is 0 Å². The molecule has 7 aromatic carbocycles. The van der Waals surface area contributed by atoms with E-state index in [1.165, 1.54) is 18.2 Å².